The molecule has 2 rings (SSSR count). The first-order valence-electron chi connectivity index (χ1n) is 5.65. The Balaban J connectivity index is 2.45. The normalized spacial score (nSPS) is 11.6. The second-order valence-corrected chi connectivity index (χ2v) is 5.77. The number of pyridine rings is 1. The van der Waals surface area contributed by atoms with Crippen molar-refractivity contribution >= 4 is 32.8 Å². The van der Waals surface area contributed by atoms with E-state index < -0.39 is 5.60 Å². The van der Waals surface area contributed by atoms with Crippen LogP contribution in [0.2, 0.25) is 0 Å². The molecule has 0 unspecified atom stereocenters. The van der Waals surface area contributed by atoms with Crippen LogP contribution in [-0.2, 0) is 4.74 Å². The van der Waals surface area contributed by atoms with Crippen LogP contribution in [0, 0.1) is 0 Å². The van der Waals surface area contributed by atoms with Crippen molar-refractivity contribution in [3.63, 3.8) is 0 Å². The smallest absolute Gasteiger partial charge is 0.341 e. The Morgan fingerprint density at radius 2 is 1.94 bits per heavy atom. The molecule has 1 aromatic heterocycles. The molecule has 1 heterocycles. The van der Waals surface area contributed by atoms with Gasteiger partial charge in [0.2, 0.25) is 0 Å². The van der Waals surface area contributed by atoms with Gasteiger partial charge in [0, 0.05) is 5.39 Å². The van der Waals surface area contributed by atoms with E-state index in [1.807, 2.05) is 45.0 Å². The Morgan fingerprint density at radius 3 is 2.61 bits per heavy atom. The zero-order valence-corrected chi connectivity index (χ0v) is 12.1. The summed E-state index contributed by atoms with van der Waals surface area (Å²) in [4.78, 5) is 16.4. The largest absolute Gasteiger partial charge is 0.456 e. The molecule has 0 aliphatic rings. The van der Waals surface area contributed by atoms with Crippen LogP contribution in [0.1, 0.15) is 31.1 Å². The molecule has 0 atom stereocenters. The van der Waals surface area contributed by atoms with E-state index in [1.165, 1.54) is 0 Å². The zero-order valence-electron chi connectivity index (χ0n) is 10.5. The maximum absolute atomic E-state index is 12.0. The maximum atomic E-state index is 12.0. The lowest BCUT2D eigenvalue weighted by atomic mass is 10.1. The highest BCUT2D eigenvalue weighted by molar-refractivity contribution is 9.10. The number of ether oxygens (including phenoxy) is 1. The maximum Gasteiger partial charge on any atom is 0.341 e. The van der Waals surface area contributed by atoms with Gasteiger partial charge in [-0.3, -0.25) is 0 Å². The van der Waals surface area contributed by atoms with Crippen molar-refractivity contribution in [2.45, 2.75) is 26.4 Å². The van der Waals surface area contributed by atoms with Gasteiger partial charge in [-0.15, -0.1) is 0 Å². The summed E-state index contributed by atoms with van der Waals surface area (Å²) >= 11 is 3.31. The molecule has 4 heteroatoms. The van der Waals surface area contributed by atoms with E-state index >= 15 is 0 Å². The molecule has 3 nitrogen and oxygen atoms in total. The van der Waals surface area contributed by atoms with Gasteiger partial charge in [-0.05, 0) is 48.8 Å². The summed E-state index contributed by atoms with van der Waals surface area (Å²) < 4.78 is 5.85. The number of rotatable bonds is 1. The van der Waals surface area contributed by atoms with Crippen molar-refractivity contribution in [2.75, 3.05) is 0 Å². The van der Waals surface area contributed by atoms with Crippen molar-refractivity contribution in [2.24, 2.45) is 0 Å². The van der Waals surface area contributed by atoms with Gasteiger partial charge in [0.25, 0.3) is 0 Å². The van der Waals surface area contributed by atoms with Crippen LogP contribution >= 0.6 is 15.9 Å². The number of benzene rings is 1. The molecule has 0 bridgehead atoms. The van der Waals surface area contributed by atoms with Gasteiger partial charge in [-0.1, -0.05) is 18.2 Å². The second kappa shape index (κ2) is 4.69. The number of carbonyl (C=O) groups excluding carboxylic acids is 1. The van der Waals surface area contributed by atoms with Gasteiger partial charge in [-0.25, -0.2) is 9.78 Å². The molecule has 0 aliphatic heterocycles. The third kappa shape index (κ3) is 2.88. The highest BCUT2D eigenvalue weighted by Gasteiger charge is 2.20. The standard InChI is InChI=1S/C14H14BrNO2/c1-14(2,3)18-13(17)10-8-9-6-4-5-7-11(9)16-12(10)15/h4-8H,1-3H3. The van der Waals surface area contributed by atoms with E-state index in [0.717, 1.165) is 10.9 Å². The van der Waals surface area contributed by atoms with Crippen molar-refractivity contribution in [1.82, 2.24) is 4.98 Å². The number of nitrogens with zero attached hydrogens (tertiary/aromatic N) is 1. The number of esters is 1. The van der Waals surface area contributed by atoms with Crippen LogP contribution in [-0.4, -0.2) is 16.6 Å². The molecule has 0 N–H and O–H groups in total. The Labute approximate surface area is 114 Å². The first-order chi connectivity index (χ1) is 8.37. The van der Waals surface area contributed by atoms with Crippen LogP contribution in [0.3, 0.4) is 0 Å². The summed E-state index contributed by atoms with van der Waals surface area (Å²) in [6.45, 7) is 5.52. The first-order valence-corrected chi connectivity index (χ1v) is 6.45. The lowest BCUT2D eigenvalue weighted by molar-refractivity contribution is 0.00682. The van der Waals surface area contributed by atoms with E-state index in [9.17, 15) is 4.79 Å². The average Bonchev–Trinajstić information content (AvgIpc) is 2.25. The minimum absolute atomic E-state index is 0.368. The molecule has 0 saturated carbocycles. The summed E-state index contributed by atoms with van der Waals surface area (Å²) in [5, 5.41) is 0.918. The van der Waals surface area contributed by atoms with Gasteiger partial charge in [0.15, 0.2) is 0 Å². The highest BCUT2D eigenvalue weighted by atomic mass is 79.9. The molecule has 1 aromatic carbocycles. The van der Waals surface area contributed by atoms with Gasteiger partial charge >= 0.3 is 5.97 Å². The second-order valence-electron chi connectivity index (χ2n) is 5.02. The lowest BCUT2D eigenvalue weighted by Crippen LogP contribution is -2.24. The number of para-hydroxylation sites is 1. The van der Waals surface area contributed by atoms with Crippen molar-refractivity contribution in [1.29, 1.82) is 0 Å². The zero-order chi connectivity index (χ0) is 13.3. The molecule has 0 saturated heterocycles. The Hall–Kier alpha value is -1.42. The van der Waals surface area contributed by atoms with Crippen molar-refractivity contribution in [3.05, 3.63) is 40.5 Å². The Morgan fingerprint density at radius 1 is 1.28 bits per heavy atom. The van der Waals surface area contributed by atoms with Gasteiger partial charge in [0.1, 0.15) is 10.2 Å². The quantitative estimate of drug-likeness (QED) is 0.591. The first kappa shape index (κ1) is 13.0. The third-order valence-electron chi connectivity index (χ3n) is 2.30. The molecule has 0 spiro atoms. The molecule has 0 amide bonds. The number of aromatic nitrogens is 1. The summed E-state index contributed by atoms with van der Waals surface area (Å²) in [5.74, 6) is -0.368. The molecule has 18 heavy (non-hydrogen) atoms. The summed E-state index contributed by atoms with van der Waals surface area (Å²) in [5.41, 5.74) is 0.780. The highest BCUT2D eigenvalue weighted by Crippen LogP contribution is 2.23. The van der Waals surface area contributed by atoms with Crippen LogP contribution in [0.15, 0.2) is 34.9 Å². The van der Waals surface area contributed by atoms with Crippen LogP contribution in [0.4, 0.5) is 0 Å². The van der Waals surface area contributed by atoms with Crippen molar-refractivity contribution < 1.29 is 9.53 Å². The molecular weight excluding hydrogens is 294 g/mol. The predicted octanol–water partition coefficient (Wildman–Crippen LogP) is 3.95. The lowest BCUT2D eigenvalue weighted by Gasteiger charge is -2.19. The molecule has 0 aliphatic carbocycles. The van der Waals surface area contributed by atoms with E-state index in [2.05, 4.69) is 20.9 Å². The summed E-state index contributed by atoms with van der Waals surface area (Å²) in [6.07, 6.45) is 0. The summed E-state index contributed by atoms with van der Waals surface area (Å²) in [6, 6.07) is 9.44. The van der Waals surface area contributed by atoms with Gasteiger partial charge in [0.05, 0.1) is 11.1 Å². The van der Waals surface area contributed by atoms with E-state index in [4.69, 9.17) is 4.74 Å². The fourth-order valence-electron chi connectivity index (χ4n) is 1.57. The number of hydrogen-bond donors (Lipinski definition) is 0. The predicted molar refractivity (Wildman–Crippen MR) is 74.6 cm³/mol. The molecule has 2 aromatic rings. The Bertz CT molecular complexity index is 602. The van der Waals surface area contributed by atoms with Crippen LogP contribution < -0.4 is 0 Å². The van der Waals surface area contributed by atoms with Gasteiger partial charge in [-0.2, -0.15) is 0 Å². The minimum Gasteiger partial charge on any atom is -0.456 e. The fourth-order valence-corrected chi connectivity index (χ4v) is 2.04. The van der Waals surface area contributed by atoms with Crippen LogP contribution in [0.5, 0.6) is 0 Å². The minimum atomic E-state index is -0.512. The molecular formula is C14H14BrNO2. The molecule has 94 valence electrons. The average molecular weight is 308 g/mol. The topological polar surface area (TPSA) is 39.2 Å². The number of halogens is 1. The third-order valence-corrected chi connectivity index (χ3v) is 2.90. The van der Waals surface area contributed by atoms with Gasteiger partial charge < -0.3 is 4.74 Å². The number of carbonyl (C=O) groups is 1. The SMILES string of the molecule is CC(C)(C)OC(=O)c1cc2ccccc2nc1Br. The van der Waals surface area contributed by atoms with E-state index in [1.54, 1.807) is 6.07 Å². The number of fused-ring (bicyclic) bond motifs is 1. The van der Waals surface area contributed by atoms with Crippen LogP contribution in [0.25, 0.3) is 10.9 Å². The molecule has 0 fully saturated rings. The Kier molecular flexibility index (Phi) is 3.39. The summed E-state index contributed by atoms with van der Waals surface area (Å²) in [7, 11) is 0. The monoisotopic (exact) mass is 307 g/mol. The fraction of sp³-hybridized carbons (Fsp3) is 0.286. The molecule has 0 radical (unpaired) electrons. The van der Waals surface area contributed by atoms with E-state index in [-0.39, 0.29) is 5.97 Å². The number of hydrogen-bond acceptors (Lipinski definition) is 3. The van der Waals surface area contributed by atoms with E-state index in [0.29, 0.717) is 10.2 Å². The van der Waals surface area contributed by atoms with Crippen molar-refractivity contribution in [3.8, 4) is 0 Å².